The van der Waals surface area contributed by atoms with E-state index in [4.69, 9.17) is 14.6 Å². The number of carboxylic acid groups (broad SMARTS) is 1. The molecule has 1 fully saturated rings. The zero-order chi connectivity index (χ0) is 22.5. The number of ether oxygens (including phenoxy) is 1. The predicted octanol–water partition coefficient (Wildman–Crippen LogP) is 0.261. The van der Waals surface area contributed by atoms with E-state index in [0.29, 0.717) is 43.2 Å². The molecule has 0 aliphatic carbocycles. The van der Waals surface area contributed by atoms with E-state index in [1.54, 1.807) is 34.0 Å². The first-order valence-corrected chi connectivity index (χ1v) is 10.2. The molecule has 1 unspecified atom stereocenters. The van der Waals surface area contributed by atoms with Gasteiger partial charge in [-0.3, -0.25) is 23.9 Å². The Balaban J connectivity index is 0.000000775. The summed E-state index contributed by atoms with van der Waals surface area (Å²) in [6, 6.07) is 1.78. The molecule has 32 heavy (non-hydrogen) atoms. The second-order valence-corrected chi connectivity index (χ2v) is 7.41. The van der Waals surface area contributed by atoms with Gasteiger partial charge in [-0.1, -0.05) is 0 Å². The molecule has 2 aliphatic heterocycles. The Hall–Kier alpha value is -3.80. The fourth-order valence-corrected chi connectivity index (χ4v) is 3.87. The van der Waals surface area contributed by atoms with Crippen LogP contribution in [0.1, 0.15) is 45.1 Å². The molecule has 0 saturated carbocycles. The van der Waals surface area contributed by atoms with Crippen molar-refractivity contribution in [2.24, 2.45) is 0 Å². The predicted molar refractivity (Wildman–Crippen MR) is 110 cm³/mol. The highest BCUT2D eigenvalue weighted by Gasteiger charge is 2.29. The van der Waals surface area contributed by atoms with Crippen LogP contribution in [0.15, 0.2) is 24.7 Å². The molecule has 0 radical (unpaired) electrons. The first-order chi connectivity index (χ1) is 15.6. The highest BCUT2D eigenvalue weighted by atomic mass is 16.5. The van der Waals surface area contributed by atoms with Crippen LogP contribution in [0.4, 0.5) is 0 Å². The van der Waals surface area contributed by atoms with Crippen LogP contribution in [-0.2, 0) is 22.5 Å². The zero-order valence-electron chi connectivity index (χ0n) is 17.2. The Morgan fingerprint density at radius 1 is 1.41 bits per heavy atom. The van der Waals surface area contributed by atoms with Gasteiger partial charge in [-0.25, -0.2) is 9.97 Å². The van der Waals surface area contributed by atoms with Crippen LogP contribution in [0.2, 0.25) is 0 Å². The molecular weight excluding hydrogens is 418 g/mol. The third-order valence-corrected chi connectivity index (χ3v) is 5.40. The molecule has 3 aromatic rings. The minimum Gasteiger partial charge on any atom is -0.483 e. The maximum absolute atomic E-state index is 12.9. The number of carbonyl (C=O) groups excluding carboxylic acids is 2. The molecular formula is C20H23N7O5. The molecule has 3 aromatic heterocycles. The number of hydrogen-bond acceptors (Lipinski definition) is 7. The quantitative estimate of drug-likeness (QED) is 0.487. The molecule has 2 aliphatic rings. The summed E-state index contributed by atoms with van der Waals surface area (Å²) in [4.78, 5) is 43.9. The summed E-state index contributed by atoms with van der Waals surface area (Å²) in [7, 11) is 0. The number of hydrogen-bond donors (Lipinski definition) is 3. The van der Waals surface area contributed by atoms with Gasteiger partial charge in [-0.05, 0) is 25.3 Å². The molecule has 12 heteroatoms. The lowest BCUT2D eigenvalue weighted by Gasteiger charge is -2.26. The Labute approximate surface area is 182 Å². The van der Waals surface area contributed by atoms with Crippen LogP contribution < -0.4 is 5.32 Å². The van der Waals surface area contributed by atoms with E-state index in [1.807, 2.05) is 0 Å². The Morgan fingerprint density at radius 3 is 3.00 bits per heavy atom. The molecule has 3 N–H and O–H groups in total. The number of nitrogens with one attached hydrogen (secondary N) is 2. The van der Waals surface area contributed by atoms with Gasteiger partial charge in [-0.15, -0.1) is 0 Å². The molecule has 1 saturated heterocycles. The summed E-state index contributed by atoms with van der Waals surface area (Å²) in [5.74, 6) is 0.115. The summed E-state index contributed by atoms with van der Waals surface area (Å²) >= 11 is 0. The Morgan fingerprint density at radius 2 is 2.25 bits per heavy atom. The van der Waals surface area contributed by atoms with E-state index < -0.39 is 0 Å². The molecule has 12 nitrogen and oxygen atoms in total. The van der Waals surface area contributed by atoms with Gasteiger partial charge in [0.05, 0.1) is 18.3 Å². The Kier molecular flexibility index (Phi) is 6.40. The van der Waals surface area contributed by atoms with Crippen molar-refractivity contribution < 1.29 is 24.2 Å². The van der Waals surface area contributed by atoms with Crippen LogP contribution in [0.3, 0.4) is 0 Å². The summed E-state index contributed by atoms with van der Waals surface area (Å²) in [6.07, 6.45) is 7.76. The highest BCUT2D eigenvalue weighted by Crippen LogP contribution is 2.22. The molecule has 2 amide bonds. The molecule has 0 bridgehead atoms. The number of amides is 2. The lowest BCUT2D eigenvalue weighted by Crippen LogP contribution is -2.37. The zero-order valence-corrected chi connectivity index (χ0v) is 17.2. The number of aromatic amines is 1. The molecule has 0 spiro atoms. The fraction of sp³-hybridized carbons (Fsp3) is 0.400. The summed E-state index contributed by atoms with van der Waals surface area (Å²) < 4.78 is 7.26. The van der Waals surface area contributed by atoms with Crippen LogP contribution in [0.25, 0.3) is 5.78 Å². The maximum atomic E-state index is 12.9. The van der Waals surface area contributed by atoms with Gasteiger partial charge in [0.2, 0.25) is 5.78 Å². The van der Waals surface area contributed by atoms with Gasteiger partial charge in [0.1, 0.15) is 5.69 Å². The second kappa shape index (κ2) is 9.56. The number of carbonyl (C=O) groups is 3. The number of fused-ring (bicyclic) bond motifs is 2. The van der Waals surface area contributed by atoms with Crippen molar-refractivity contribution in [1.29, 1.82) is 0 Å². The third kappa shape index (κ3) is 4.44. The number of H-pyrrole nitrogens is 1. The average Bonchev–Trinajstić information content (AvgIpc) is 3.56. The fourth-order valence-electron chi connectivity index (χ4n) is 3.87. The van der Waals surface area contributed by atoms with Gasteiger partial charge >= 0.3 is 0 Å². The first kappa shape index (κ1) is 21.4. The van der Waals surface area contributed by atoms with Gasteiger partial charge in [0.25, 0.3) is 18.3 Å². The summed E-state index contributed by atoms with van der Waals surface area (Å²) in [5, 5.41) is 16.9. The normalized spacial score (nSPS) is 17.4. The monoisotopic (exact) mass is 441 g/mol. The van der Waals surface area contributed by atoms with Gasteiger partial charge in [-0.2, -0.15) is 5.10 Å². The van der Waals surface area contributed by atoms with Crippen LogP contribution in [0, 0.1) is 0 Å². The highest BCUT2D eigenvalue weighted by molar-refractivity contribution is 5.95. The largest absolute Gasteiger partial charge is 0.483 e. The number of nitrogens with zero attached hydrogens (tertiary/aromatic N) is 5. The van der Waals surface area contributed by atoms with Gasteiger partial charge < -0.3 is 20.1 Å². The van der Waals surface area contributed by atoms with Crippen molar-refractivity contribution in [3.8, 4) is 0 Å². The summed E-state index contributed by atoms with van der Waals surface area (Å²) in [5.41, 5.74) is 2.41. The van der Waals surface area contributed by atoms with Crippen LogP contribution in [-0.4, -0.2) is 78.7 Å². The topological polar surface area (TPSA) is 155 Å². The first-order valence-electron chi connectivity index (χ1n) is 10.2. The SMILES string of the molecule is O=C(NCC1CCCO1)c1n[nH]c2c1CCN(C(=O)c1cn3cccnc3n1)C2.O=CO. The average molecular weight is 441 g/mol. The van der Waals surface area contributed by atoms with Crippen LogP contribution >= 0.6 is 0 Å². The lowest BCUT2D eigenvalue weighted by atomic mass is 10.0. The van der Waals surface area contributed by atoms with Crippen molar-refractivity contribution in [3.63, 3.8) is 0 Å². The van der Waals surface area contributed by atoms with E-state index in [0.717, 1.165) is 30.7 Å². The van der Waals surface area contributed by atoms with Crippen molar-refractivity contribution in [2.45, 2.75) is 31.9 Å². The van der Waals surface area contributed by atoms with Gasteiger partial charge in [0.15, 0.2) is 5.69 Å². The smallest absolute Gasteiger partial charge is 0.290 e. The van der Waals surface area contributed by atoms with Crippen molar-refractivity contribution in [3.05, 3.63) is 47.3 Å². The standard InChI is InChI=1S/C19H21N7O3.CH2O2/c27-17(21-9-12-3-1-8-29-12)16-13-4-7-25(10-14(13)23-24-16)18(28)15-11-26-6-2-5-20-19(26)22-15;2-1-3/h2,5-6,11-12H,1,3-4,7-10H2,(H,21,27)(H,23,24);1H,(H,2,3). The molecule has 5 heterocycles. The maximum Gasteiger partial charge on any atom is 0.290 e. The molecule has 5 rings (SSSR count). The number of aromatic nitrogens is 5. The van der Waals surface area contributed by atoms with Crippen LogP contribution in [0.5, 0.6) is 0 Å². The minimum absolute atomic E-state index is 0.0850. The molecule has 1 atom stereocenters. The van der Waals surface area contributed by atoms with Crippen molar-refractivity contribution >= 4 is 24.1 Å². The summed E-state index contributed by atoms with van der Waals surface area (Å²) in [6.45, 7) is 1.86. The molecule has 168 valence electrons. The van der Waals surface area contributed by atoms with Gasteiger partial charge in [0, 0.05) is 43.9 Å². The van der Waals surface area contributed by atoms with Crippen molar-refractivity contribution in [2.75, 3.05) is 19.7 Å². The second-order valence-electron chi connectivity index (χ2n) is 7.41. The van der Waals surface area contributed by atoms with Crippen molar-refractivity contribution in [1.82, 2.24) is 34.8 Å². The number of rotatable bonds is 4. The molecule has 0 aromatic carbocycles. The minimum atomic E-state index is -0.250. The van der Waals surface area contributed by atoms with E-state index in [1.165, 1.54) is 0 Å². The van der Waals surface area contributed by atoms with E-state index >= 15 is 0 Å². The number of imidazole rings is 1. The lowest BCUT2D eigenvalue weighted by molar-refractivity contribution is -0.122. The Bertz CT molecular complexity index is 1090. The van der Waals surface area contributed by atoms with E-state index in [9.17, 15) is 9.59 Å². The van der Waals surface area contributed by atoms with E-state index in [2.05, 4.69) is 25.5 Å². The third-order valence-electron chi connectivity index (χ3n) is 5.40. The van der Waals surface area contributed by atoms with E-state index in [-0.39, 0.29) is 24.4 Å².